The van der Waals surface area contributed by atoms with Crippen LogP contribution in [0, 0.1) is 18.8 Å². The van der Waals surface area contributed by atoms with Crippen molar-refractivity contribution in [2.24, 2.45) is 7.05 Å². The van der Waals surface area contributed by atoms with Gasteiger partial charge < -0.3 is 10.2 Å². The minimum Gasteiger partial charge on any atom is -0.352 e. The number of unbranched alkanes of at least 4 members (excludes halogenated alkanes) is 12. The van der Waals surface area contributed by atoms with Gasteiger partial charge in [0.1, 0.15) is 5.82 Å². The summed E-state index contributed by atoms with van der Waals surface area (Å²) in [5, 5.41) is 5.32. The number of imidazole rings is 1. The molecule has 0 spiro atoms. The van der Waals surface area contributed by atoms with Gasteiger partial charge in [0.25, 0.3) is 5.56 Å². The van der Waals surface area contributed by atoms with E-state index in [1.54, 1.807) is 14.0 Å². The van der Waals surface area contributed by atoms with E-state index in [9.17, 15) is 14.4 Å². The number of amides is 1. The number of nitrogens with one attached hydrogen (secondary N) is 1. The lowest BCUT2D eigenvalue weighted by Crippen LogP contribution is -2.48. The number of aryl methyl sites for hydroxylation is 2. The number of para-hydroxylation sites is 1. The molecule has 1 aromatic carbocycles. The van der Waals surface area contributed by atoms with Crippen molar-refractivity contribution in [1.29, 1.82) is 0 Å². The molecule has 1 aliphatic rings. The number of alkyl halides is 1. The average Bonchev–Trinajstić information content (AvgIpc) is 3.55. The van der Waals surface area contributed by atoms with E-state index < -0.39 is 11.2 Å². The number of hydrogen-bond acceptors (Lipinski definition) is 7. The number of carbonyl (C=O) groups is 1. The molecule has 1 saturated heterocycles. The summed E-state index contributed by atoms with van der Waals surface area (Å²) in [6, 6.07) is 7.67. The maximum Gasteiger partial charge on any atom is 0.332 e. The highest BCUT2D eigenvalue weighted by Gasteiger charge is 2.28. The first-order valence-electron chi connectivity index (χ1n) is 19.7. The van der Waals surface area contributed by atoms with Gasteiger partial charge in [0, 0.05) is 49.0 Å². The van der Waals surface area contributed by atoms with E-state index in [0.29, 0.717) is 35.9 Å². The van der Waals surface area contributed by atoms with Gasteiger partial charge in [-0.25, -0.2) is 14.8 Å². The van der Waals surface area contributed by atoms with Crippen LogP contribution < -0.4 is 21.5 Å². The first-order valence-corrected chi connectivity index (χ1v) is 20.9. The third-order valence-corrected chi connectivity index (χ3v) is 10.9. The van der Waals surface area contributed by atoms with Crippen molar-refractivity contribution in [3.05, 3.63) is 56.6 Å². The van der Waals surface area contributed by atoms with Gasteiger partial charge in [0.2, 0.25) is 11.9 Å². The second-order valence-electron chi connectivity index (χ2n) is 14.5. The lowest BCUT2D eigenvalue weighted by molar-refractivity contribution is -0.122. The normalized spacial score (nSPS) is 14.5. The zero-order valence-corrected chi connectivity index (χ0v) is 33.6. The summed E-state index contributed by atoms with van der Waals surface area (Å²) in [7, 11) is 1.63. The van der Waals surface area contributed by atoms with Crippen molar-refractivity contribution in [2.45, 2.75) is 136 Å². The molecule has 1 N–H and O–H groups in total. The van der Waals surface area contributed by atoms with E-state index in [0.717, 1.165) is 54.2 Å². The fourth-order valence-corrected chi connectivity index (χ4v) is 7.85. The topological polar surface area (TPSA) is 120 Å². The molecule has 0 aliphatic carbocycles. The number of halogens is 1. The fourth-order valence-electron chi connectivity index (χ4n) is 7.46. The van der Waals surface area contributed by atoms with Crippen LogP contribution in [0.5, 0.6) is 0 Å². The number of carbonyl (C=O) groups excluding carboxylic acids is 1. The van der Waals surface area contributed by atoms with Gasteiger partial charge in [-0.3, -0.25) is 23.3 Å². The van der Waals surface area contributed by atoms with Crippen molar-refractivity contribution in [3.8, 4) is 11.8 Å². The average molecular weight is 790 g/mol. The quantitative estimate of drug-likeness (QED) is 0.0574. The largest absolute Gasteiger partial charge is 0.352 e. The predicted molar refractivity (Wildman–Crippen MR) is 218 cm³/mol. The lowest BCUT2D eigenvalue weighted by Gasteiger charge is -2.34. The molecule has 1 amide bonds. The van der Waals surface area contributed by atoms with Gasteiger partial charge in [-0.2, -0.15) is 4.98 Å². The third kappa shape index (κ3) is 10.8. The van der Waals surface area contributed by atoms with Gasteiger partial charge in [-0.1, -0.05) is 111 Å². The molecule has 0 unspecified atom stereocenters. The number of aromatic nitrogens is 6. The first-order chi connectivity index (χ1) is 25.8. The highest BCUT2D eigenvalue weighted by molar-refractivity contribution is 9.09. The van der Waals surface area contributed by atoms with Crippen LogP contribution in [-0.4, -0.2) is 59.0 Å². The molecule has 1 aliphatic heterocycles. The van der Waals surface area contributed by atoms with Crippen molar-refractivity contribution in [3.63, 3.8) is 0 Å². The standard InChI is InChI=1S/C41H57BrN8O3/c1-4-5-28-49-37-38(47(3)41(53)50(39(37)52)30-35-43-31(2)33-23-18-19-24-34(33)45-35)46-40(49)48-27-21-22-32(29-48)44-36(51)25-17-15-13-11-9-7-6-8-10-12-14-16-20-26-42/h18-19,23-24,32H,6-17,20-22,25-30H2,1-3H3,(H,44,51)/t32-/m1/s1. The number of rotatable bonds is 20. The van der Waals surface area contributed by atoms with Crippen molar-refractivity contribution in [2.75, 3.05) is 23.3 Å². The van der Waals surface area contributed by atoms with Gasteiger partial charge in [0.15, 0.2) is 11.2 Å². The van der Waals surface area contributed by atoms with Crippen LogP contribution >= 0.6 is 15.9 Å². The smallest absolute Gasteiger partial charge is 0.332 e. The summed E-state index contributed by atoms with van der Waals surface area (Å²) >= 11 is 3.50. The van der Waals surface area contributed by atoms with Gasteiger partial charge in [0.05, 0.1) is 18.6 Å². The van der Waals surface area contributed by atoms with Gasteiger partial charge in [-0.15, -0.1) is 5.92 Å². The number of benzene rings is 1. The summed E-state index contributed by atoms with van der Waals surface area (Å²) in [6.45, 7) is 5.12. The van der Waals surface area contributed by atoms with Crippen LogP contribution in [0.15, 0.2) is 33.9 Å². The molecule has 0 radical (unpaired) electrons. The van der Waals surface area contributed by atoms with Crippen LogP contribution in [0.2, 0.25) is 0 Å². The molecule has 11 nitrogen and oxygen atoms in total. The van der Waals surface area contributed by atoms with Crippen LogP contribution in [0.25, 0.3) is 22.1 Å². The van der Waals surface area contributed by atoms with Gasteiger partial charge in [-0.05, 0) is 45.6 Å². The third-order valence-electron chi connectivity index (χ3n) is 10.4. The zero-order valence-electron chi connectivity index (χ0n) is 32.0. The second kappa shape index (κ2) is 20.5. The summed E-state index contributed by atoms with van der Waals surface area (Å²) < 4.78 is 4.42. The Labute approximate surface area is 322 Å². The molecule has 1 fully saturated rings. The minimum absolute atomic E-state index is 0.0278. The molecule has 0 bridgehead atoms. The number of fused-ring (bicyclic) bond motifs is 2. The second-order valence-corrected chi connectivity index (χ2v) is 15.3. The fraction of sp³-hybridized carbons (Fsp3) is 0.610. The van der Waals surface area contributed by atoms with Crippen LogP contribution in [0.4, 0.5) is 5.95 Å². The predicted octanol–water partition coefficient (Wildman–Crippen LogP) is 7.16. The Morgan fingerprint density at radius 2 is 1.57 bits per heavy atom. The minimum atomic E-state index is -0.485. The molecular weight excluding hydrogens is 732 g/mol. The van der Waals surface area contributed by atoms with Crippen molar-refractivity contribution >= 4 is 49.9 Å². The van der Waals surface area contributed by atoms with E-state index in [4.69, 9.17) is 4.98 Å². The summed E-state index contributed by atoms with van der Waals surface area (Å²) in [5.41, 5.74) is 1.22. The number of hydrogen-bond donors (Lipinski definition) is 1. The molecule has 3 aromatic heterocycles. The molecule has 5 rings (SSSR count). The number of anilines is 1. The highest BCUT2D eigenvalue weighted by atomic mass is 79.9. The Morgan fingerprint density at radius 1 is 0.906 bits per heavy atom. The number of nitrogens with zero attached hydrogens (tertiary/aromatic N) is 7. The van der Waals surface area contributed by atoms with Crippen LogP contribution in [0.1, 0.15) is 121 Å². The Bertz CT molecular complexity index is 2010. The zero-order chi connectivity index (χ0) is 37.6. The summed E-state index contributed by atoms with van der Waals surface area (Å²) in [5.74, 6) is 7.10. The molecule has 4 heterocycles. The van der Waals surface area contributed by atoms with E-state index in [1.165, 1.54) is 79.8 Å². The van der Waals surface area contributed by atoms with Crippen LogP contribution in [-0.2, 0) is 24.9 Å². The Hall–Kier alpha value is -3.98. The van der Waals surface area contributed by atoms with E-state index >= 15 is 0 Å². The first kappa shape index (κ1) is 40.2. The molecule has 12 heteroatoms. The molecule has 53 heavy (non-hydrogen) atoms. The molecule has 286 valence electrons. The van der Waals surface area contributed by atoms with Crippen LogP contribution in [0.3, 0.4) is 0 Å². The van der Waals surface area contributed by atoms with E-state index in [2.05, 4.69) is 48.0 Å². The van der Waals surface area contributed by atoms with E-state index in [1.807, 2.05) is 35.8 Å². The SMILES string of the molecule is CC#CCn1c(N2CCC[C@@H](NC(=O)CCCCCCCCCCCCCCCBr)C2)nc2c1c(=O)n(Cc1nc(C)c3ccccc3n1)c(=O)n2C. The maximum atomic E-state index is 14.1. The molecule has 1 atom stereocenters. The molecule has 4 aromatic rings. The maximum absolute atomic E-state index is 14.1. The Kier molecular flexibility index (Phi) is 15.5. The Morgan fingerprint density at radius 3 is 2.25 bits per heavy atom. The monoisotopic (exact) mass is 788 g/mol. The van der Waals surface area contributed by atoms with E-state index in [-0.39, 0.29) is 25.0 Å². The van der Waals surface area contributed by atoms with Crippen molar-refractivity contribution < 1.29 is 4.79 Å². The molecule has 0 saturated carbocycles. The van der Waals surface area contributed by atoms with Crippen molar-refractivity contribution in [1.82, 2.24) is 34.0 Å². The molecular formula is C41H57BrN8O3. The highest BCUT2D eigenvalue weighted by Crippen LogP contribution is 2.24. The Balaban J connectivity index is 1.18. The summed E-state index contributed by atoms with van der Waals surface area (Å²) in [4.78, 5) is 57.0. The van der Waals surface area contributed by atoms with Gasteiger partial charge >= 0.3 is 5.69 Å². The summed E-state index contributed by atoms with van der Waals surface area (Å²) in [6.07, 6.45) is 18.8. The lowest BCUT2D eigenvalue weighted by atomic mass is 10.0. The number of piperidine rings is 1.